The number of benzene rings is 2. The van der Waals surface area contributed by atoms with Gasteiger partial charge in [-0.15, -0.1) is 0 Å². The summed E-state index contributed by atoms with van der Waals surface area (Å²) in [4.78, 5) is 19.4. The summed E-state index contributed by atoms with van der Waals surface area (Å²) in [7, 11) is -3.77. The van der Waals surface area contributed by atoms with Crippen molar-refractivity contribution in [3.05, 3.63) is 63.1 Å². The molecule has 2 atom stereocenters. The van der Waals surface area contributed by atoms with Gasteiger partial charge in [0.2, 0.25) is 10.0 Å². The molecule has 1 spiro atoms. The summed E-state index contributed by atoms with van der Waals surface area (Å²) in [5.41, 5.74) is 2.63. The smallest absolute Gasteiger partial charge is 0.264 e. The molecule has 2 unspecified atom stereocenters. The maximum absolute atomic E-state index is 15.0. The van der Waals surface area contributed by atoms with Gasteiger partial charge in [-0.2, -0.15) is 0 Å². The molecule has 2 bridgehead atoms. The highest BCUT2D eigenvalue weighted by Crippen LogP contribution is 2.58. The van der Waals surface area contributed by atoms with Gasteiger partial charge < -0.3 is 14.2 Å². The Kier molecular flexibility index (Phi) is 7.41. The van der Waals surface area contributed by atoms with Gasteiger partial charge in [0, 0.05) is 34.7 Å². The zero-order valence-corrected chi connectivity index (χ0v) is 28.0. The second kappa shape index (κ2) is 11.2. The van der Waals surface area contributed by atoms with E-state index in [-0.39, 0.29) is 22.6 Å². The monoisotopic (exact) mass is 704 g/mol. The first-order valence-corrected chi connectivity index (χ1v) is 18.9. The third-order valence-corrected chi connectivity index (χ3v) is 12.1. The molecule has 4 aromatic rings. The van der Waals surface area contributed by atoms with E-state index < -0.39 is 21.7 Å². The van der Waals surface area contributed by atoms with Crippen molar-refractivity contribution < 1.29 is 26.9 Å². The molecule has 2 aromatic heterocycles. The Hall–Kier alpha value is -2.77. The Labute approximate surface area is 279 Å². The molecule has 2 saturated heterocycles. The van der Waals surface area contributed by atoms with Crippen LogP contribution in [0, 0.1) is 11.2 Å². The molecule has 2 aliphatic carbocycles. The molecule has 4 aliphatic rings. The van der Waals surface area contributed by atoms with Gasteiger partial charge in [-0.1, -0.05) is 45.8 Å². The van der Waals surface area contributed by atoms with Crippen LogP contribution >= 0.6 is 34.5 Å². The van der Waals surface area contributed by atoms with E-state index in [1.54, 1.807) is 12.1 Å². The number of carbonyl (C=O) groups is 1. The van der Waals surface area contributed by atoms with Gasteiger partial charge in [-0.25, -0.2) is 22.5 Å². The van der Waals surface area contributed by atoms with E-state index in [4.69, 9.17) is 32.5 Å². The maximum atomic E-state index is 15.0. The fraction of sp³-hybridized carbons (Fsp3) is 0.469. The first kappa shape index (κ1) is 30.6. The topological polar surface area (TPSA) is 115 Å². The number of carbonyl (C=O) groups excluding carboxylic acids is 1. The van der Waals surface area contributed by atoms with Crippen LogP contribution in [0.5, 0.6) is 0 Å². The molecule has 0 radical (unpaired) electrons. The lowest BCUT2D eigenvalue weighted by Crippen LogP contribution is -2.54. The molecule has 2 aromatic carbocycles. The Morgan fingerprint density at radius 1 is 1.13 bits per heavy atom. The van der Waals surface area contributed by atoms with Crippen LogP contribution in [0.2, 0.25) is 10.0 Å². The first-order chi connectivity index (χ1) is 22.0. The van der Waals surface area contributed by atoms with Gasteiger partial charge in [-0.3, -0.25) is 4.79 Å². The number of thiazole rings is 1. The minimum absolute atomic E-state index is 0.0516. The molecule has 4 heterocycles. The molecular weight excluding hydrogens is 674 g/mol. The summed E-state index contributed by atoms with van der Waals surface area (Å²) < 4.78 is 52.8. The minimum Gasteiger partial charge on any atom is -0.373 e. The molecule has 8 rings (SSSR count). The van der Waals surface area contributed by atoms with Gasteiger partial charge in [-0.05, 0) is 81.0 Å². The molecule has 2 saturated carbocycles. The van der Waals surface area contributed by atoms with Crippen LogP contribution < -0.4 is 9.62 Å². The Bertz CT molecular complexity index is 1950. The first-order valence-electron chi connectivity index (χ1n) is 15.4. The van der Waals surface area contributed by atoms with Crippen LogP contribution in [0.25, 0.3) is 21.5 Å². The Morgan fingerprint density at radius 3 is 2.48 bits per heavy atom. The summed E-state index contributed by atoms with van der Waals surface area (Å²) in [5.74, 6) is -0.268. The summed E-state index contributed by atoms with van der Waals surface area (Å²) in [6.45, 7) is 0.396. The summed E-state index contributed by atoms with van der Waals surface area (Å²) >= 11 is 14.4. The predicted molar refractivity (Wildman–Crippen MR) is 175 cm³/mol. The number of nitrogens with zero attached hydrogens (tertiary/aromatic N) is 3. The van der Waals surface area contributed by atoms with Crippen LogP contribution in [-0.2, 0) is 21.4 Å². The fourth-order valence-electron chi connectivity index (χ4n) is 7.81. The number of amides is 1. The van der Waals surface area contributed by atoms with Crippen LogP contribution in [-0.4, -0.2) is 48.9 Å². The number of fused-ring (bicyclic) bond motifs is 3. The molecule has 242 valence electrons. The molecule has 4 fully saturated rings. The second-order valence-electron chi connectivity index (χ2n) is 13.3. The van der Waals surface area contributed by atoms with E-state index >= 15 is 4.39 Å². The van der Waals surface area contributed by atoms with Gasteiger partial charge in [0.05, 0.1) is 33.7 Å². The predicted octanol–water partition coefficient (Wildman–Crippen LogP) is 7.46. The lowest BCUT2D eigenvalue weighted by Gasteiger charge is -2.54. The number of halogens is 3. The van der Waals surface area contributed by atoms with E-state index in [2.05, 4.69) is 15.0 Å². The van der Waals surface area contributed by atoms with Crippen molar-refractivity contribution in [2.24, 2.45) is 5.41 Å². The number of sulfonamides is 1. The number of rotatable bonds is 8. The van der Waals surface area contributed by atoms with Gasteiger partial charge >= 0.3 is 0 Å². The number of piperidine rings is 1. The van der Waals surface area contributed by atoms with Crippen molar-refractivity contribution in [2.75, 3.05) is 11.2 Å². The van der Waals surface area contributed by atoms with Crippen molar-refractivity contribution in [3.63, 3.8) is 0 Å². The average molecular weight is 706 g/mol. The van der Waals surface area contributed by atoms with E-state index in [0.717, 1.165) is 80.1 Å². The molecule has 14 heteroatoms. The summed E-state index contributed by atoms with van der Waals surface area (Å²) in [5, 5.41) is 6.19. The van der Waals surface area contributed by atoms with Gasteiger partial charge in [0.15, 0.2) is 10.9 Å². The highest BCUT2D eigenvalue weighted by molar-refractivity contribution is 7.89. The minimum atomic E-state index is -3.77. The zero-order valence-electron chi connectivity index (χ0n) is 24.9. The van der Waals surface area contributed by atoms with Crippen LogP contribution in [0.15, 0.2) is 34.9 Å². The van der Waals surface area contributed by atoms with Crippen molar-refractivity contribution in [1.82, 2.24) is 14.9 Å². The van der Waals surface area contributed by atoms with E-state index in [0.29, 0.717) is 50.6 Å². The molecular formula is C32H31Cl2FN4O5S2. The maximum Gasteiger partial charge on any atom is 0.264 e. The van der Waals surface area contributed by atoms with Crippen molar-refractivity contribution in [1.29, 1.82) is 0 Å². The van der Waals surface area contributed by atoms with E-state index in [1.807, 2.05) is 10.8 Å². The zero-order chi connectivity index (χ0) is 32.0. The number of aromatic nitrogens is 2. The Morgan fingerprint density at radius 2 is 1.83 bits per heavy atom. The molecule has 9 nitrogen and oxygen atoms in total. The van der Waals surface area contributed by atoms with E-state index in [9.17, 15) is 13.2 Å². The van der Waals surface area contributed by atoms with Gasteiger partial charge in [0.25, 0.3) is 5.91 Å². The quantitative estimate of drug-likeness (QED) is 0.201. The standard InChI is InChI=1S/C32H31Cl2FN4O5S2/c1-46(41,42)38-30(40)17-9-24(35)28-25(10-17)45-31(36-28)39-18-7-8-19(39)12-32(11-18)13-20(14-32)43-15-21-27(37-44-29(21)16-5-6-16)26-22(33)3-2-4-23(26)34/h2-4,9-10,16,18-20H,5-8,11-15H2,1H3,(H,38,40). The fourth-order valence-corrected chi connectivity index (χ4v) is 10.0. The third-order valence-electron chi connectivity index (χ3n) is 9.91. The number of nitrogens with one attached hydrogen (secondary N) is 1. The third kappa shape index (κ3) is 5.49. The highest BCUT2D eigenvalue weighted by Gasteiger charge is 2.55. The van der Waals surface area contributed by atoms with Crippen molar-refractivity contribution in [3.8, 4) is 11.3 Å². The largest absolute Gasteiger partial charge is 0.373 e. The van der Waals surface area contributed by atoms with Gasteiger partial charge in [0.1, 0.15) is 17.0 Å². The van der Waals surface area contributed by atoms with Crippen molar-refractivity contribution in [2.45, 2.75) is 82.1 Å². The Balaban J connectivity index is 0.953. The number of ether oxygens (including phenoxy) is 1. The second-order valence-corrected chi connectivity index (χ2v) is 16.9. The normalized spacial score (nSPS) is 25.7. The van der Waals surface area contributed by atoms with Crippen LogP contribution in [0.4, 0.5) is 9.52 Å². The number of hydrogen-bond donors (Lipinski definition) is 1. The number of anilines is 1. The van der Waals surface area contributed by atoms with Crippen LogP contribution in [0.1, 0.15) is 79.0 Å². The van der Waals surface area contributed by atoms with Crippen molar-refractivity contribution >= 4 is 65.8 Å². The SMILES string of the molecule is CS(=O)(=O)NC(=O)c1cc(F)c2nc(N3C4CCC3CC3(CC(OCc5c(-c6c(Cl)cccc6Cl)noc5C5CC5)C3)C4)sc2c1. The summed E-state index contributed by atoms with van der Waals surface area (Å²) in [6.07, 6.45) is 9.26. The molecule has 1 N–H and O–H groups in total. The lowest BCUT2D eigenvalue weighted by molar-refractivity contribution is -0.103. The molecule has 1 amide bonds. The lowest BCUT2D eigenvalue weighted by atomic mass is 9.59. The highest BCUT2D eigenvalue weighted by atomic mass is 35.5. The molecule has 2 aliphatic heterocycles. The van der Waals surface area contributed by atoms with E-state index in [1.165, 1.54) is 17.4 Å². The van der Waals surface area contributed by atoms with Crippen LogP contribution in [0.3, 0.4) is 0 Å². The number of hydrogen-bond acceptors (Lipinski definition) is 9. The molecule has 46 heavy (non-hydrogen) atoms. The summed E-state index contributed by atoms with van der Waals surface area (Å²) in [6, 6.07) is 8.56. The average Bonchev–Trinajstić information content (AvgIpc) is 3.48.